The summed E-state index contributed by atoms with van der Waals surface area (Å²) in [6.45, 7) is 7.93. The summed E-state index contributed by atoms with van der Waals surface area (Å²) in [5.74, 6) is 0. The Morgan fingerprint density at radius 2 is 2.10 bits per heavy atom. The molecule has 2 heteroatoms. The normalized spacial score (nSPS) is 10.4. The molecule has 0 aromatic carbocycles. The maximum absolute atomic E-state index is 4.26. The molecule has 1 aromatic rings. The van der Waals surface area contributed by atoms with E-state index in [-0.39, 0.29) is 0 Å². The average Bonchev–Trinajstić information content (AvgIpc) is 2.09. The van der Waals surface area contributed by atoms with E-state index in [1.165, 1.54) is 11.3 Å². The molecular formula is C8H13N2. The van der Waals surface area contributed by atoms with Gasteiger partial charge < -0.3 is 0 Å². The van der Waals surface area contributed by atoms with Gasteiger partial charge in [-0.3, -0.25) is 4.68 Å². The van der Waals surface area contributed by atoms with Crippen molar-refractivity contribution in [3.05, 3.63) is 23.9 Å². The first kappa shape index (κ1) is 7.32. The van der Waals surface area contributed by atoms with Gasteiger partial charge in [0.1, 0.15) is 0 Å². The van der Waals surface area contributed by atoms with Gasteiger partial charge in [-0.05, 0) is 32.8 Å². The van der Waals surface area contributed by atoms with Crippen LogP contribution in [0.4, 0.5) is 0 Å². The summed E-state index contributed by atoms with van der Waals surface area (Å²) in [5, 5.41) is 4.26. The van der Waals surface area contributed by atoms with Gasteiger partial charge in [0.05, 0.1) is 5.69 Å². The van der Waals surface area contributed by atoms with Crippen LogP contribution in [-0.2, 0) is 13.5 Å². The Morgan fingerprint density at radius 1 is 1.50 bits per heavy atom. The molecule has 55 valence electrons. The van der Waals surface area contributed by atoms with Crippen molar-refractivity contribution >= 4 is 0 Å². The molecule has 1 heterocycles. The number of aryl methyl sites for hydroxylation is 2. The molecule has 0 unspecified atom stereocenters. The van der Waals surface area contributed by atoms with Gasteiger partial charge in [0.25, 0.3) is 0 Å². The van der Waals surface area contributed by atoms with Crippen molar-refractivity contribution in [1.82, 2.24) is 9.78 Å². The minimum Gasteiger partial charge on any atom is -0.272 e. The summed E-state index contributed by atoms with van der Waals surface area (Å²) < 4.78 is 1.90. The van der Waals surface area contributed by atoms with Gasteiger partial charge in [-0.15, -0.1) is 0 Å². The molecule has 0 aliphatic heterocycles. The highest BCUT2D eigenvalue weighted by Gasteiger charge is 2.05. The van der Waals surface area contributed by atoms with Crippen LogP contribution in [0.5, 0.6) is 0 Å². The summed E-state index contributed by atoms with van der Waals surface area (Å²) in [7, 11) is 1.96. The molecule has 10 heavy (non-hydrogen) atoms. The Balaban J connectivity index is 3.20. The summed E-state index contributed by atoms with van der Waals surface area (Å²) in [5.41, 5.74) is 3.62. The van der Waals surface area contributed by atoms with Gasteiger partial charge in [-0.2, -0.15) is 5.10 Å². The predicted octanol–water partition coefficient (Wildman–Crippen LogP) is 1.41. The highest BCUT2D eigenvalue weighted by atomic mass is 15.3. The molecule has 0 saturated heterocycles. The molecule has 1 radical (unpaired) electrons. The predicted molar refractivity (Wildman–Crippen MR) is 41.7 cm³/mol. The van der Waals surface area contributed by atoms with Gasteiger partial charge in [0.2, 0.25) is 0 Å². The first-order valence-corrected chi connectivity index (χ1v) is 3.45. The van der Waals surface area contributed by atoms with Gasteiger partial charge in [-0.25, -0.2) is 0 Å². The summed E-state index contributed by atoms with van der Waals surface area (Å²) in [6, 6.07) is 0. The van der Waals surface area contributed by atoms with Crippen LogP contribution in [0, 0.1) is 20.8 Å². The molecule has 0 aliphatic rings. The van der Waals surface area contributed by atoms with E-state index in [9.17, 15) is 0 Å². The van der Waals surface area contributed by atoms with E-state index >= 15 is 0 Å². The van der Waals surface area contributed by atoms with Gasteiger partial charge in [0, 0.05) is 12.7 Å². The first-order valence-electron chi connectivity index (χ1n) is 3.45. The number of hydrogen-bond donors (Lipinski definition) is 0. The topological polar surface area (TPSA) is 17.8 Å². The second-order valence-electron chi connectivity index (χ2n) is 2.52. The second-order valence-corrected chi connectivity index (χ2v) is 2.52. The van der Waals surface area contributed by atoms with Crippen molar-refractivity contribution in [2.75, 3.05) is 0 Å². The monoisotopic (exact) mass is 137 g/mol. The molecule has 0 fully saturated rings. The van der Waals surface area contributed by atoms with Gasteiger partial charge >= 0.3 is 0 Å². The lowest BCUT2D eigenvalue weighted by Gasteiger charge is -1.94. The molecular weight excluding hydrogens is 124 g/mol. The van der Waals surface area contributed by atoms with E-state index in [0.29, 0.717) is 0 Å². The number of rotatable bonds is 1. The molecule has 0 aliphatic carbocycles. The summed E-state index contributed by atoms with van der Waals surface area (Å²) in [6.07, 6.45) is 0.839. The Hall–Kier alpha value is -0.790. The third-order valence-corrected chi connectivity index (χ3v) is 1.91. The van der Waals surface area contributed by atoms with Crippen molar-refractivity contribution in [2.45, 2.75) is 20.3 Å². The standard InChI is InChI=1S/C8H13N2/c1-5-8-6(2)9-10(4)7(8)3/h1,5H2,2-4H3. The molecule has 0 bridgehead atoms. The van der Waals surface area contributed by atoms with Crippen LogP contribution in [0.25, 0.3) is 0 Å². The molecule has 2 nitrogen and oxygen atoms in total. The van der Waals surface area contributed by atoms with Crippen molar-refractivity contribution in [2.24, 2.45) is 7.05 Å². The lowest BCUT2D eigenvalue weighted by molar-refractivity contribution is 0.730. The van der Waals surface area contributed by atoms with Gasteiger partial charge in [0.15, 0.2) is 0 Å². The number of hydrogen-bond acceptors (Lipinski definition) is 1. The van der Waals surface area contributed by atoms with Crippen LogP contribution in [-0.4, -0.2) is 9.78 Å². The van der Waals surface area contributed by atoms with E-state index in [1.807, 2.05) is 18.7 Å². The third kappa shape index (κ3) is 0.939. The van der Waals surface area contributed by atoms with Crippen LogP contribution >= 0.6 is 0 Å². The fourth-order valence-electron chi connectivity index (χ4n) is 1.18. The molecule has 0 saturated carbocycles. The van der Waals surface area contributed by atoms with Crippen LogP contribution in [0.2, 0.25) is 0 Å². The zero-order valence-electron chi connectivity index (χ0n) is 6.81. The van der Waals surface area contributed by atoms with E-state index in [1.54, 1.807) is 0 Å². The van der Waals surface area contributed by atoms with Crippen molar-refractivity contribution in [3.8, 4) is 0 Å². The smallest absolute Gasteiger partial charge is 0.0628 e. The SMILES string of the molecule is [CH2]Cc1c(C)nn(C)c1C. The van der Waals surface area contributed by atoms with Gasteiger partial charge in [-0.1, -0.05) is 0 Å². The Kier molecular flexibility index (Phi) is 1.79. The van der Waals surface area contributed by atoms with Crippen molar-refractivity contribution in [1.29, 1.82) is 0 Å². The lowest BCUT2D eigenvalue weighted by Crippen LogP contribution is -1.93. The van der Waals surface area contributed by atoms with Crippen LogP contribution in [0.3, 0.4) is 0 Å². The molecule has 1 aromatic heterocycles. The highest BCUT2D eigenvalue weighted by Crippen LogP contribution is 2.11. The first-order chi connectivity index (χ1) is 4.66. The zero-order chi connectivity index (χ0) is 7.72. The molecule has 0 N–H and O–H groups in total. The maximum Gasteiger partial charge on any atom is 0.0628 e. The maximum atomic E-state index is 4.26. The Bertz CT molecular complexity index is 236. The Labute approximate surface area is 61.9 Å². The minimum absolute atomic E-state index is 0.839. The van der Waals surface area contributed by atoms with Crippen LogP contribution in [0.15, 0.2) is 0 Å². The average molecular weight is 137 g/mol. The zero-order valence-corrected chi connectivity index (χ0v) is 6.81. The second kappa shape index (κ2) is 2.45. The fourth-order valence-corrected chi connectivity index (χ4v) is 1.18. The number of nitrogens with zero attached hydrogens (tertiary/aromatic N) is 2. The van der Waals surface area contributed by atoms with E-state index < -0.39 is 0 Å². The Morgan fingerprint density at radius 3 is 2.30 bits per heavy atom. The fraction of sp³-hybridized carbons (Fsp3) is 0.500. The highest BCUT2D eigenvalue weighted by molar-refractivity contribution is 5.24. The van der Waals surface area contributed by atoms with E-state index in [2.05, 4.69) is 18.9 Å². The molecule has 0 spiro atoms. The molecule has 0 amide bonds. The molecule has 0 atom stereocenters. The van der Waals surface area contributed by atoms with Crippen LogP contribution < -0.4 is 0 Å². The quantitative estimate of drug-likeness (QED) is 0.572. The van der Waals surface area contributed by atoms with E-state index in [0.717, 1.165) is 12.1 Å². The van der Waals surface area contributed by atoms with Crippen molar-refractivity contribution in [3.63, 3.8) is 0 Å². The summed E-state index contributed by atoms with van der Waals surface area (Å²) in [4.78, 5) is 0. The lowest BCUT2D eigenvalue weighted by atomic mass is 10.1. The number of aromatic nitrogens is 2. The third-order valence-electron chi connectivity index (χ3n) is 1.91. The minimum atomic E-state index is 0.839. The van der Waals surface area contributed by atoms with Crippen LogP contribution in [0.1, 0.15) is 17.0 Å². The largest absolute Gasteiger partial charge is 0.272 e. The summed E-state index contributed by atoms with van der Waals surface area (Å²) >= 11 is 0. The van der Waals surface area contributed by atoms with Crippen molar-refractivity contribution < 1.29 is 0 Å². The van der Waals surface area contributed by atoms with E-state index in [4.69, 9.17) is 0 Å². The molecule has 1 rings (SSSR count).